The van der Waals surface area contributed by atoms with Gasteiger partial charge < -0.3 is 10.6 Å². The molecule has 0 aliphatic rings. The van der Waals surface area contributed by atoms with Crippen molar-refractivity contribution in [3.8, 4) is 0 Å². The molecule has 0 saturated heterocycles. The van der Waals surface area contributed by atoms with Gasteiger partial charge in [0.2, 0.25) is 5.95 Å². The molecular weight excluding hydrogens is 355 g/mol. The summed E-state index contributed by atoms with van der Waals surface area (Å²) >= 11 is 18.3. The van der Waals surface area contributed by atoms with Crippen molar-refractivity contribution >= 4 is 57.9 Å². The number of halogens is 3. The third-order valence-corrected chi connectivity index (χ3v) is 3.82. The zero-order valence-electron chi connectivity index (χ0n) is 11.7. The Morgan fingerprint density at radius 3 is 2.30 bits per heavy atom. The number of anilines is 4. The van der Waals surface area contributed by atoms with E-state index < -0.39 is 0 Å². The van der Waals surface area contributed by atoms with Crippen molar-refractivity contribution in [3.63, 3.8) is 0 Å². The highest BCUT2D eigenvalue weighted by Crippen LogP contribution is 2.32. The predicted molar refractivity (Wildman–Crippen MR) is 96.5 cm³/mol. The highest BCUT2D eigenvalue weighted by atomic mass is 35.5. The minimum atomic E-state index is 0.431. The summed E-state index contributed by atoms with van der Waals surface area (Å²) in [5.74, 6) is 1.000. The van der Waals surface area contributed by atoms with Crippen LogP contribution in [-0.4, -0.2) is 9.97 Å². The highest BCUT2D eigenvalue weighted by Gasteiger charge is 2.07. The summed E-state index contributed by atoms with van der Waals surface area (Å²) in [7, 11) is 0. The predicted octanol–water partition coefficient (Wildman–Crippen LogP) is 5.92. The first-order chi connectivity index (χ1) is 11.1. The number of aromatic nitrogens is 2. The molecule has 3 rings (SSSR count). The average molecular weight is 366 g/mol. The molecule has 0 amide bonds. The second-order valence-electron chi connectivity index (χ2n) is 4.62. The Labute approximate surface area is 148 Å². The van der Waals surface area contributed by atoms with Crippen molar-refractivity contribution in [1.82, 2.24) is 9.97 Å². The van der Waals surface area contributed by atoms with Crippen LogP contribution >= 0.6 is 34.8 Å². The van der Waals surface area contributed by atoms with E-state index in [2.05, 4.69) is 20.6 Å². The summed E-state index contributed by atoms with van der Waals surface area (Å²) < 4.78 is 0. The molecule has 0 aliphatic carbocycles. The monoisotopic (exact) mass is 364 g/mol. The summed E-state index contributed by atoms with van der Waals surface area (Å²) in [4.78, 5) is 8.56. The van der Waals surface area contributed by atoms with Gasteiger partial charge in [0.15, 0.2) is 0 Å². The molecule has 0 unspecified atom stereocenters. The number of hydrogen-bond donors (Lipinski definition) is 2. The van der Waals surface area contributed by atoms with Crippen molar-refractivity contribution in [2.24, 2.45) is 0 Å². The first-order valence-corrected chi connectivity index (χ1v) is 7.82. The van der Waals surface area contributed by atoms with Crippen LogP contribution in [0, 0.1) is 0 Å². The number of hydrogen-bond acceptors (Lipinski definition) is 4. The molecule has 7 heteroatoms. The summed E-state index contributed by atoms with van der Waals surface area (Å²) in [6.07, 6.45) is 1.63. The molecule has 0 spiro atoms. The molecule has 0 radical (unpaired) electrons. The average Bonchev–Trinajstić information content (AvgIpc) is 2.52. The van der Waals surface area contributed by atoms with E-state index >= 15 is 0 Å². The van der Waals surface area contributed by atoms with Gasteiger partial charge in [-0.1, -0.05) is 46.9 Å². The lowest BCUT2D eigenvalue weighted by Gasteiger charge is -2.11. The zero-order chi connectivity index (χ0) is 16.2. The molecule has 1 aromatic heterocycles. The summed E-state index contributed by atoms with van der Waals surface area (Å²) in [5, 5.41) is 7.84. The van der Waals surface area contributed by atoms with Crippen molar-refractivity contribution in [2.75, 3.05) is 10.6 Å². The van der Waals surface area contributed by atoms with Crippen molar-refractivity contribution in [1.29, 1.82) is 0 Å². The Bertz CT molecular complexity index is 819. The van der Waals surface area contributed by atoms with E-state index in [9.17, 15) is 0 Å². The number of nitrogens with one attached hydrogen (secondary N) is 2. The third kappa shape index (κ3) is 4.05. The van der Waals surface area contributed by atoms with Gasteiger partial charge in [-0.05, 0) is 36.4 Å². The SMILES string of the molecule is Clc1cccc(Nc2nccc(Nc3c(Cl)cccc3Cl)n2)c1. The molecule has 23 heavy (non-hydrogen) atoms. The Morgan fingerprint density at radius 2 is 1.57 bits per heavy atom. The van der Waals surface area contributed by atoms with E-state index in [1.807, 2.05) is 12.1 Å². The first kappa shape index (κ1) is 15.9. The fourth-order valence-corrected chi connectivity index (χ4v) is 2.61. The zero-order valence-corrected chi connectivity index (χ0v) is 14.0. The molecule has 0 atom stereocenters. The molecule has 2 aromatic carbocycles. The van der Waals surface area contributed by atoms with Gasteiger partial charge in [-0.3, -0.25) is 0 Å². The second-order valence-corrected chi connectivity index (χ2v) is 5.87. The largest absolute Gasteiger partial charge is 0.338 e. The smallest absolute Gasteiger partial charge is 0.229 e. The quantitative estimate of drug-likeness (QED) is 0.602. The molecule has 1 heterocycles. The molecule has 116 valence electrons. The lowest BCUT2D eigenvalue weighted by molar-refractivity contribution is 1.17. The summed E-state index contributed by atoms with van der Waals surface area (Å²) in [5.41, 5.74) is 1.40. The van der Waals surface area contributed by atoms with Gasteiger partial charge >= 0.3 is 0 Å². The number of rotatable bonds is 4. The van der Waals surface area contributed by atoms with Crippen LogP contribution in [-0.2, 0) is 0 Å². The van der Waals surface area contributed by atoms with E-state index in [0.29, 0.717) is 32.5 Å². The van der Waals surface area contributed by atoms with E-state index in [4.69, 9.17) is 34.8 Å². The van der Waals surface area contributed by atoms with Crippen molar-refractivity contribution in [3.05, 3.63) is 69.8 Å². The topological polar surface area (TPSA) is 49.8 Å². The van der Waals surface area contributed by atoms with Gasteiger partial charge in [0.1, 0.15) is 5.82 Å². The fraction of sp³-hybridized carbons (Fsp3) is 0. The molecule has 0 fully saturated rings. The van der Waals surface area contributed by atoms with Gasteiger partial charge in [0.05, 0.1) is 15.7 Å². The second kappa shape index (κ2) is 7.04. The Kier molecular flexibility index (Phi) is 4.86. The molecule has 0 saturated carbocycles. The Balaban J connectivity index is 1.83. The minimum Gasteiger partial charge on any atom is -0.338 e. The molecular formula is C16H11Cl3N4. The van der Waals surface area contributed by atoms with Gasteiger partial charge in [0.25, 0.3) is 0 Å². The maximum Gasteiger partial charge on any atom is 0.229 e. The minimum absolute atomic E-state index is 0.431. The van der Waals surface area contributed by atoms with Crippen LogP contribution < -0.4 is 10.6 Å². The van der Waals surface area contributed by atoms with Crippen LogP contribution in [0.4, 0.5) is 23.1 Å². The van der Waals surface area contributed by atoms with Crippen LogP contribution in [0.15, 0.2) is 54.7 Å². The lowest BCUT2D eigenvalue weighted by Crippen LogP contribution is -2.01. The summed E-state index contributed by atoms with van der Waals surface area (Å²) in [6.45, 7) is 0. The first-order valence-electron chi connectivity index (χ1n) is 6.68. The van der Waals surface area contributed by atoms with Crippen LogP contribution in [0.25, 0.3) is 0 Å². The van der Waals surface area contributed by atoms with Crippen LogP contribution in [0.1, 0.15) is 0 Å². The maximum absolute atomic E-state index is 6.15. The van der Waals surface area contributed by atoms with Gasteiger partial charge in [-0.15, -0.1) is 0 Å². The van der Waals surface area contributed by atoms with Gasteiger partial charge in [-0.25, -0.2) is 4.98 Å². The Morgan fingerprint density at radius 1 is 0.826 bits per heavy atom. The molecule has 0 bridgehead atoms. The third-order valence-electron chi connectivity index (χ3n) is 2.95. The van der Waals surface area contributed by atoms with Crippen LogP contribution in [0.2, 0.25) is 15.1 Å². The van der Waals surface area contributed by atoms with E-state index in [0.717, 1.165) is 5.69 Å². The number of nitrogens with zero attached hydrogens (tertiary/aromatic N) is 2. The molecule has 0 aliphatic heterocycles. The number of para-hydroxylation sites is 1. The highest BCUT2D eigenvalue weighted by molar-refractivity contribution is 6.39. The molecule has 2 N–H and O–H groups in total. The molecule has 4 nitrogen and oxygen atoms in total. The van der Waals surface area contributed by atoms with E-state index in [-0.39, 0.29) is 0 Å². The van der Waals surface area contributed by atoms with Crippen LogP contribution in [0.3, 0.4) is 0 Å². The van der Waals surface area contributed by atoms with Gasteiger partial charge in [0, 0.05) is 16.9 Å². The van der Waals surface area contributed by atoms with Crippen LogP contribution in [0.5, 0.6) is 0 Å². The fourth-order valence-electron chi connectivity index (χ4n) is 1.93. The van der Waals surface area contributed by atoms with E-state index in [1.54, 1.807) is 42.6 Å². The van der Waals surface area contributed by atoms with Crippen molar-refractivity contribution in [2.45, 2.75) is 0 Å². The normalized spacial score (nSPS) is 10.4. The van der Waals surface area contributed by atoms with E-state index in [1.165, 1.54) is 0 Å². The van der Waals surface area contributed by atoms with Gasteiger partial charge in [-0.2, -0.15) is 4.98 Å². The number of benzene rings is 2. The van der Waals surface area contributed by atoms with Crippen molar-refractivity contribution < 1.29 is 0 Å². The standard InChI is InChI=1S/C16H11Cl3N4/c17-10-3-1-4-11(9-10)21-16-20-8-7-14(23-16)22-15-12(18)5-2-6-13(15)19/h1-9H,(H2,20,21,22,23). The maximum atomic E-state index is 6.15. The summed E-state index contributed by atoms with van der Waals surface area (Å²) in [6, 6.07) is 14.3. The molecule has 3 aromatic rings. The Hall–Kier alpha value is -2.01. The lowest BCUT2D eigenvalue weighted by atomic mass is 10.3.